The lowest BCUT2D eigenvalue weighted by Crippen LogP contribution is -2.30. The number of carbonyl (C=O) groups is 1. The smallest absolute Gasteiger partial charge is 0.261 e. The molecule has 1 aliphatic rings. The molecule has 0 heterocycles. The molecule has 0 unspecified atom stereocenters. The number of amides is 1. The van der Waals surface area contributed by atoms with Crippen LogP contribution in [0.5, 0.6) is 0 Å². The first-order valence-electron chi connectivity index (χ1n) is 9.01. The third kappa shape index (κ3) is 4.62. The van der Waals surface area contributed by atoms with Gasteiger partial charge in [-0.1, -0.05) is 17.7 Å². The van der Waals surface area contributed by atoms with Crippen LogP contribution in [0.1, 0.15) is 48.2 Å². The Kier molecular flexibility index (Phi) is 5.77. The molecule has 2 N–H and O–H groups in total. The van der Waals surface area contributed by atoms with E-state index in [1.807, 2.05) is 19.9 Å². The summed E-state index contributed by atoms with van der Waals surface area (Å²) >= 11 is 6.16. The largest absolute Gasteiger partial charge is 0.350 e. The van der Waals surface area contributed by atoms with Crippen LogP contribution >= 0.6 is 11.6 Å². The summed E-state index contributed by atoms with van der Waals surface area (Å²) in [6.07, 6.45) is 4.09. The molecule has 0 aromatic heterocycles. The van der Waals surface area contributed by atoms with Crippen molar-refractivity contribution < 1.29 is 13.2 Å². The van der Waals surface area contributed by atoms with Gasteiger partial charge in [-0.15, -0.1) is 0 Å². The van der Waals surface area contributed by atoms with Gasteiger partial charge < -0.3 is 5.32 Å². The Morgan fingerprint density at radius 2 is 1.74 bits per heavy atom. The number of hydrogen-bond donors (Lipinski definition) is 2. The highest BCUT2D eigenvalue weighted by Crippen LogP contribution is 2.28. The Morgan fingerprint density at radius 3 is 2.44 bits per heavy atom. The third-order valence-electron chi connectivity index (χ3n) is 4.52. The van der Waals surface area contributed by atoms with Gasteiger partial charge in [0.05, 0.1) is 15.6 Å². The lowest BCUT2D eigenvalue weighted by atomic mass is 9.92. The van der Waals surface area contributed by atoms with Crippen molar-refractivity contribution in [2.24, 2.45) is 0 Å². The Hall–Kier alpha value is -2.05. The highest BCUT2D eigenvalue weighted by molar-refractivity contribution is 7.92. The summed E-state index contributed by atoms with van der Waals surface area (Å²) in [6.45, 7) is 3.71. The van der Waals surface area contributed by atoms with Gasteiger partial charge in [0, 0.05) is 11.6 Å². The van der Waals surface area contributed by atoms with E-state index in [1.54, 1.807) is 18.2 Å². The van der Waals surface area contributed by atoms with Gasteiger partial charge in [0.15, 0.2) is 0 Å². The minimum Gasteiger partial charge on any atom is -0.350 e. The lowest BCUT2D eigenvalue weighted by molar-refractivity contribution is 0.0943. The quantitative estimate of drug-likeness (QED) is 0.782. The van der Waals surface area contributed by atoms with Crippen molar-refractivity contribution in [2.75, 3.05) is 4.72 Å². The van der Waals surface area contributed by atoms with E-state index in [0.717, 1.165) is 31.2 Å². The molecule has 1 aliphatic carbocycles. The fraction of sp³-hybridized carbons (Fsp3) is 0.350. The molecule has 2 aromatic carbocycles. The predicted octanol–water partition coefficient (Wildman–Crippen LogP) is 4.16. The maximum absolute atomic E-state index is 12.8. The van der Waals surface area contributed by atoms with E-state index in [1.165, 1.54) is 17.7 Å². The average Bonchev–Trinajstić information content (AvgIpc) is 2.62. The standard InChI is InChI=1S/C20H23ClN2O3S/c1-13(2)22-20(24)16-8-10-18(21)19(12-16)23-27(25,26)17-9-7-14-5-3-4-6-15(14)11-17/h7-13,23H,3-6H2,1-2H3,(H,22,24). The normalized spacial score (nSPS) is 13.9. The van der Waals surface area contributed by atoms with E-state index in [9.17, 15) is 13.2 Å². The second-order valence-corrected chi connectivity index (χ2v) is 9.16. The minimum absolute atomic E-state index is 0.0242. The van der Waals surface area contributed by atoms with Gasteiger partial charge in [-0.25, -0.2) is 8.42 Å². The number of rotatable bonds is 5. The SMILES string of the molecule is CC(C)NC(=O)c1ccc(Cl)c(NS(=O)(=O)c2ccc3c(c2)CCCC3)c1. The van der Waals surface area contributed by atoms with Crippen LogP contribution in [0, 0.1) is 0 Å². The van der Waals surface area contributed by atoms with Gasteiger partial charge >= 0.3 is 0 Å². The van der Waals surface area contributed by atoms with Crippen molar-refractivity contribution in [3.63, 3.8) is 0 Å². The number of anilines is 1. The zero-order valence-corrected chi connectivity index (χ0v) is 17.0. The van der Waals surface area contributed by atoms with Crippen LogP contribution in [0.25, 0.3) is 0 Å². The Bertz CT molecular complexity index is 971. The maximum Gasteiger partial charge on any atom is 0.261 e. The predicted molar refractivity (Wildman–Crippen MR) is 108 cm³/mol. The van der Waals surface area contributed by atoms with Crippen molar-refractivity contribution in [1.82, 2.24) is 5.32 Å². The van der Waals surface area contributed by atoms with Crippen LogP contribution < -0.4 is 10.0 Å². The highest BCUT2D eigenvalue weighted by atomic mass is 35.5. The first-order chi connectivity index (χ1) is 12.8. The number of nitrogens with one attached hydrogen (secondary N) is 2. The number of carbonyl (C=O) groups excluding carboxylic acids is 1. The van der Waals surface area contributed by atoms with Gasteiger partial charge in [0.2, 0.25) is 0 Å². The fourth-order valence-corrected chi connectivity index (χ4v) is 4.51. The van der Waals surface area contributed by atoms with Crippen molar-refractivity contribution in [3.8, 4) is 0 Å². The number of benzene rings is 2. The summed E-state index contributed by atoms with van der Waals surface area (Å²) in [5.74, 6) is -0.282. The van der Waals surface area contributed by atoms with Gasteiger partial charge in [-0.2, -0.15) is 0 Å². The van der Waals surface area contributed by atoms with Gasteiger partial charge in [-0.05, 0) is 81.0 Å². The number of hydrogen-bond acceptors (Lipinski definition) is 3. The van der Waals surface area contributed by atoms with Crippen LogP contribution in [0.4, 0.5) is 5.69 Å². The molecule has 0 saturated heterocycles. The van der Waals surface area contributed by atoms with Crippen LogP contribution in [-0.2, 0) is 22.9 Å². The van der Waals surface area contributed by atoms with Gasteiger partial charge in [0.1, 0.15) is 0 Å². The van der Waals surface area contributed by atoms with E-state index in [2.05, 4.69) is 10.0 Å². The molecule has 3 rings (SSSR count). The van der Waals surface area contributed by atoms with Crippen molar-refractivity contribution in [3.05, 3.63) is 58.1 Å². The number of halogens is 1. The first-order valence-corrected chi connectivity index (χ1v) is 10.9. The highest BCUT2D eigenvalue weighted by Gasteiger charge is 2.20. The Balaban J connectivity index is 1.88. The summed E-state index contributed by atoms with van der Waals surface area (Å²) in [6, 6.07) is 9.75. The third-order valence-corrected chi connectivity index (χ3v) is 6.22. The van der Waals surface area contributed by atoms with Gasteiger partial charge in [0.25, 0.3) is 15.9 Å². The van der Waals surface area contributed by atoms with Crippen LogP contribution in [0.15, 0.2) is 41.3 Å². The Labute approximate surface area is 165 Å². The van der Waals surface area contributed by atoms with E-state index < -0.39 is 10.0 Å². The Morgan fingerprint density at radius 1 is 1.04 bits per heavy atom. The molecule has 27 heavy (non-hydrogen) atoms. The van der Waals surface area contributed by atoms with Crippen molar-refractivity contribution in [2.45, 2.75) is 50.5 Å². The van der Waals surface area contributed by atoms with Crippen molar-refractivity contribution >= 4 is 33.2 Å². The summed E-state index contributed by atoms with van der Waals surface area (Å²) in [4.78, 5) is 12.4. The second kappa shape index (κ2) is 7.90. The molecule has 5 nitrogen and oxygen atoms in total. The second-order valence-electron chi connectivity index (χ2n) is 7.07. The molecule has 2 aromatic rings. The van der Waals surface area contributed by atoms with E-state index >= 15 is 0 Å². The summed E-state index contributed by atoms with van der Waals surface area (Å²) < 4.78 is 28.2. The topological polar surface area (TPSA) is 75.3 Å². The summed E-state index contributed by atoms with van der Waals surface area (Å²) in [5, 5.41) is 3.01. The van der Waals surface area contributed by atoms with E-state index in [-0.39, 0.29) is 27.6 Å². The zero-order chi connectivity index (χ0) is 19.6. The van der Waals surface area contributed by atoms with Crippen LogP contribution in [0.3, 0.4) is 0 Å². The average molecular weight is 407 g/mol. The maximum atomic E-state index is 12.8. The molecular weight excluding hydrogens is 384 g/mol. The van der Waals surface area contributed by atoms with E-state index in [0.29, 0.717) is 5.56 Å². The molecule has 0 saturated carbocycles. The summed E-state index contributed by atoms with van der Waals surface area (Å²) in [5.41, 5.74) is 2.83. The molecule has 0 spiro atoms. The number of fused-ring (bicyclic) bond motifs is 1. The molecule has 0 radical (unpaired) electrons. The fourth-order valence-electron chi connectivity index (χ4n) is 3.17. The van der Waals surface area contributed by atoms with Crippen LogP contribution in [0.2, 0.25) is 5.02 Å². The number of aryl methyl sites for hydroxylation is 2. The van der Waals surface area contributed by atoms with Crippen LogP contribution in [-0.4, -0.2) is 20.4 Å². The number of sulfonamides is 1. The summed E-state index contributed by atoms with van der Waals surface area (Å²) in [7, 11) is -3.80. The molecular formula is C20H23ClN2O3S. The van der Waals surface area contributed by atoms with E-state index in [4.69, 9.17) is 11.6 Å². The molecule has 7 heteroatoms. The molecule has 0 bridgehead atoms. The lowest BCUT2D eigenvalue weighted by Gasteiger charge is -2.17. The zero-order valence-electron chi connectivity index (χ0n) is 15.4. The molecule has 1 amide bonds. The monoisotopic (exact) mass is 406 g/mol. The molecule has 0 fully saturated rings. The minimum atomic E-state index is -3.80. The first kappa shape index (κ1) is 19.7. The molecule has 144 valence electrons. The molecule has 0 aliphatic heterocycles. The van der Waals surface area contributed by atoms with Crippen molar-refractivity contribution in [1.29, 1.82) is 0 Å². The molecule has 0 atom stereocenters. The van der Waals surface area contributed by atoms with Gasteiger partial charge in [-0.3, -0.25) is 9.52 Å².